The molecule has 1 aromatic heterocycles. The number of nitrogen functional groups attached to an aromatic ring is 1. The number of fused-ring (bicyclic) bond motifs is 4. The van der Waals surface area contributed by atoms with Crippen LogP contribution in [0.25, 0.3) is 22.0 Å². The zero-order chi connectivity index (χ0) is 24.6. The van der Waals surface area contributed by atoms with E-state index in [0.717, 1.165) is 51.8 Å². The fourth-order valence-corrected chi connectivity index (χ4v) is 5.40. The summed E-state index contributed by atoms with van der Waals surface area (Å²) in [6, 6.07) is 22.8. The number of benzene rings is 3. The molecule has 0 saturated heterocycles. The van der Waals surface area contributed by atoms with Crippen molar-refractivity contribution in [1.82, 2.24) is 9.88 Å². The number of aryl methyl sites for hydroxylation is 1. The Morgan fingerprint density at radius 2 is 1.54 bits per heavy atom. The third kappa shape index (κ3) is 4.05. The molecule has 5 rings (SSSR count). The molecule has 0 fully saturated rings. The number of unbranched alkanes of at least 4 members (excludes halogenated alkanes) is 1. The van der Waals surface area contributed by atoms with Crippen LogP contribution in [-0.4, -0.2) is 23.2 Å². The van der Waals surface area contributed by atoms with Crippen molar-refractivity contribution < 1.29 is 18.0 Å². The van der Waals surface area contributed by atoms with Gasteiger partial charge in [-0.15, -0.1) is 0 Å². The van der Waals surface area contributed by atoms with Crippen LogP contribution in [0, 0.1) is 0 Å². The lowest BCUT2D eigenvalue weighted by Crippen LogP contribution is -2.47. The largest absolute Gasteiger partial charge is 0.405 e. The Morgan fingerprint density at radius 3 is 2.20 bits per heavy atom. The van der Waals surface area contributed by atoms with Crippen LogP contribution in [-0.2, 0) is 16.8 Å². The number of carbonyl (C=O) groups is 1. The number of nitrogens with one attached hydrogen (secondary N) is 1. The number of halogens is 3. The molecule has 3 N–H and O–H groups in total. The lowest BCUT2D eigenvalue weighted by atomic mass is 9.73. The van der Waals surface area contributed by atoms with Gasteiger partial charge in [0.25, 0.3) is 0 Å². The minimum Gasteiger partial charge on any atom is -0.398 e. The van der Waals surface area contributed by atoms with Gasteiger partial charge >= 0.3 is 6.18 Å². The standard InChI is InChI=1S/C28H26F3N3O/c29-28(30,31)18-33-26(35)27(22-10-3-1-8-19(22)20-9-2-4-11-23(20)27)15-5-6-16-34-17-14-21-24(32)12-7-13-25(21)34/h1-4,7-14,17H,5-6,15-16,18,32H2,(H,33,35). The predicted molar refractivity (Wildman–Crippen MR) is 132 cm³/mol. The maximum Gasteiger partial charge on any atom is 0.405 e. The van der Waals surface area contributed by atoms with Crippen molar-refractivity contribution in [2.45, 2.75) is 37.4 Å². The van der Waals surface area contributed by atoms with Gasteiger partial charge in [0.05, 0.1) is 5.52 Å². The first kappa shape index (κ1) is 23.0. The third-order valence-electron chi connectivity index (χ3n) is 6.95. The summed E-state index contributed by atoms with van der Waals surface area (Å²) in [4.78, 5) is 13.5. The molecule has 1 aliphatic carbocycles. The van der Waals surface area contributed by atoms with Crippen LogP contribution in [0.4, 0.5) is 18.9 Å². The highest BCUT2D eigenvalue weighted by Crippen LogP contribution is 2.51. The molecule has 0 spiro atoms. The lowest BCUT2D eigenvalue weighted by Gasteiger charge is -2.31. The number of nitrogens with zero attached hydrogens (tertiary/aromatic N) is 1. The van der Waals surface area contributed by atoms with Crippen molar-refractivity contribution >= 4 is 22.5 Å². The molecule has 180 valence electrons. The summed E-state index contributed by atoms with van der Waals surface area (Å²) in [6.45, 7) is -0.634. The van der Waals surface area contributed by atoms with E-state index in [-0.39, 0.29) is 0 Å². The molecule has 7 heteroatoms. The Morgan fingerprint density at radius 1 is 0.886 bits per heavy atom. The lowest BCUT2D eigenvalue weighted by molar-refractivity contribution is -0.141. The monoisotopic (exact) mass is 477 g/mol. The summed E-state index contributed by atoms with van der Waals surface area (Å²) >= 11 is 0. The molecule has 0 unspecified atom stereocenters. The van der Waals surface area contributed by atoms with Gasteiger partial charge in [-0.05, 0) is 59.7 Å². The molecular formula is C28H26F3N3O. The highest BCUT2D eigenvalue weighted by Gasteiger charge is 2.49. The number of amides is 1. The summed E-state index contributed by atoms with van der Waals surface area (Å²) in [5, 5.41) is 3.18. The molecule has 4 aromatic rings. The summed E-state index contributed by atoms with van der Waals surface area (Å²) < 4.78 is 41.2. The number of alkyl halides is 3. The minimum absolute atomic E-state index is 0.409. The molecule has 1 heterocycles. The summed E-state index contributed by atoms with van der Waals surface area (Å²) in [5.41, 5.74) is 10.00. The Balaban J connectivity index is 1.44. The SMILES string of the molecule is Nc1cccc2c1ccn2CCCCC1(C(=O)NCC(F)(F)F)c2ccccc2-c2ccccc21. The first-order valence-electron chi connectivity index (χ1n) is 11.7. The first-order chi connectivity index (χ1) is 16.8. The quantitative estimate of drug-likeness (QED) is 0.252. The van der Waals surface area contributed by atoms with Gasteiger partial charge in [0.15, 0.2) is 0 Å². The van der Waals surface area contributed by atoms with Crippen molar-refractivity contribution in [3.05, 3.63) is 90.1 Å². The van der Waals surface area contributed by atoms with Crippen molar-refractivity contribution in [2.24, 2.45) is 0 Å². The van der Waals surface area contributed by atoms with Gasteiger partial charge in [-0.25, -0.2) is 0 Å². The fourth-order valence-electron chi connectivity index (χ4n) is 5.40. The molecule has 3 aromatic carbocycles. The van der Waals surface area contributed by atoms with Gasteiger partial charge in [0, 0.05) is 23.8 Å². The van der Waals surface area contributed by atoms with Crippen LogP contribution in [0.15, 0.2) is 79.0 Å². The molecule has 0 bridgehead atoms. The maximum atomic E-state index is 13.5. The minimum atomic E-state index is -4.48. The van der Waals surface area contributed by atoms with E-state index in [1.807, 2.05) is 79.0 Å². The molecule has 0 aliphatic heterocycles. The predicted octanol–water partition coefficient (Wildman–Crippen LogP) is 6.04. The van der Waals surface area contributed by atoms with Gasteiger partial charge < -0.3 is 15.6 Å². The smallest absolute Gasteiger partial charge is 0.398 e. The van der Waals surface area contributed by atoms with Gasteiger partial charge in [-0.1, -0.05) is 54.6 Å². The average Bonchev–Trinajstić information content (AvgIpc) is 3.39. The molecule has 1 aliphatic rings. The number of hydrogen-bond acceptors (Lipinski definition) is 2. The fraction of sp³-hybridized carbons (Fsp3) is 0.250. The first-order valence-corrected chi connectivity index (χ1v) is 11.7. The second-order valence-corrected chi connectivity index (χ2v) is 9.04. The van der Waals surface area contributed by atoms with Crippen molar-refractivity contribution in [1.29, 1.82) is 0 Å². The second kappa shape index (κ2) is 8.80. The Kier molecular flexibility index (Phi) is 5.79. The highest BCUT2D eigenvalue weighted by molar-refractivity contribution is 6.00. The summed E-state index contributed by atoms with van der Waals surface area (Å²) in [6.07, 6.45) is -0.661. The van der Waals surface area contributed by atoms with Crippen LogP contribution < -0.4 is 11.1 Å². The van der Waals surface area contributed by atoms with Crippen LogP contribution in [0.1, 0.15) is 30.4 Å². The number of carbonyl (C=O) groups excluding carboxylic acids is 1. The van der Waals surface area contributed by atoms with E-state index in [9.17, 15) is 18.0 Å². The van der Waals surface area contributed by atoms with Gasteiger partial charge in [0.2, 0.25) is 5.91 Å². The summed E-state index contributed by atoms with van der Waals surface area (Å²) in [7, 11) is 0. The van der Waals surface area contributed by atoms with Crippen LogP contribution in [0.3, 0.4) is 0 Å². The normalized spacial score (nSPS) is 14.0. The van der Waals surface area contributed by atoms with Gasteiger partial charge in [0.1, 0.15) is 12.0 Å². The summed E-state index contributed by atoms with van der Waals surface area (Å²) in [5.74, 6) is -0.605. The zero-order valence-electron chi connectivity index (χ0n) is 19.1. The molecule has 1 amide bonds. The molecular weight excluding hydrogens is 451 g/mol. The topological polar surface area (TPSA) is 60.0 Å². The highest BCUT2D eigenvalue weighted by atomic mass is 19.4. The molecule has 0 saturated carbocycles. The second-order valence-electron chi connectivity index (χ2n) is 9.04. The number of rotatable bonds is 7. The number of anilines is 1. The van der Waals surface area contributed by atoms with Crippen molar-refractivity contribution in [3.8, 4) is 11.1 Å². The van der Waals surface area contributed by atoms with Gasteiger partial charge in [-0.2, -0.15) is 13.2 Å². The van der Waals surface area contributed by atoms with E-state index in [4.69, 9.17) is 5.73 Å². The Bertz CT molecular complexity index is 1340. The molecule has 35 heavy (non-hydrogen) atoms. The van der Waals surface area contributed by atoms with Crippen molar-refractivity contribution in [2.75, 3.05) is 12.3 Å². The molecule has 0 atom stereocenters. The van der Waals surface area contributed by atoms with E-state index in [1.165, 1.54) is 0 Å². The maximum absolute atomic E-state index is 13.5. The van der Waals surface area contributed by atoms with Crippen LogP contribution in [0.5, 0.6) is 0 Å². The van der Waals surface area contributed by atoms with E-state index < -0.39 is 24.0 Å². The van der Waals surface area contributed by atoms with Gasteiger partial charge in [-0.3, -0.25) is 4.79 Å². The zero-order valence-corrected chi connectivity index (χ0v) is 19.1. The Labute approximate surface area is 201 Å². The third-order valence-corrected chi connectivity index (χ3v) is 6.95. The average molecular weight is 478 g/mol. The molecule has 0 radical (unpaired) electrons. The Hall–Kier alpha value is -3.74. The number of nitrogens with two attached hydrogens (primary N) is 1. The van der Waals surface area contributed by atoms with Crippen LogP contribution >= 0.6 is 0 Å². The number of aromatic nitrogens is 1. The van der Waals surface area contributed by atoms with E-state index in [1.54, 1.807) is 0 Å². The van der Waals surface area contributed by atoms with E-state index in [0.29, 0.717) is 12.8 Å². The van der Waals surface area contributed by atoms with Crippen LogP contribution in [0.2, 0.25) is 0 Å². The molecule has 4 nitrogen and oxygen atoms in total. The van der Waals surface area contributed by atoms with Crippen molar-refractivity contribution in [3.63, 3.8) is 0 Å². The van der Waals surface area contributed by atoms with E-state index in [2.05, 4.69) is 9.88 Å². The number of hydrogen-bond donors (Lipinski definition) is 2. The van der Waals surface area contributed by atoms with E-state index >= 15 is 0 Å².